The molecule has 2 aromatic rings. The van der Waals surface area contributed by atoms with Crippen molar-refractivity contribution in [3.05, 3.63) is 46.6 Å². The number of alkyl halides is 3. The molecule has 0 aliphatic carbocycles. The highest BCUT2D eigenvalue weighted by atomic mass is 19.4. The maximum atomic E-state index is 13.5. The number of carbonyl (C=O) groups is 1. The van der Waals surface area contributed by atoms with Gasteiger partial charge in [0.1, 0.15) is 0 Å². The zero-order valence-electron chi connectivity index (χ0n) is 20.7. The van der Waals surface area contributed by atoms with Crippen LogP contribution in [0.5, 0.6) is 0 Å². The number of ether oxygens (including phenoxy) is 2. The van der Waals surface area contributed by atoms with Gasteiger partial charge in [0.2, 0.25) is 0 Å². The lowest BCUT2D eigenvalue weighted by Crippen LogP contribution is -2.37. The number of benzene rings is 1. The first-order valence-corrected chi connectivity index (χ1v) is 12.0. The van der Waals surface area contributed by atoms with Crippen molar-refractivity contribution in [2.24, 2.45) is 12.0 Å². The molecule has 1 atom stereocenters. The Kier molecular flexibility index (Phi) is 7.15. The molecule has 192 valence electrons. The highest BCUT2D eigenvalue weighted by Gasteiger charge is 2.33. The number of hydrogen-bond acceptors (Lipinski definition) is 4. The minimum absolute atomic E-state index is 0.00272. The van der Waals surface area contributed by atoms with Crippen molar-refractivity contribution >= 4 is 11.6 Å². The summed E-state index contributed by atoms with van der Waals surface area (Å²) in [6, 6.07) is 5.13. The SMILES string of the molecule is Cn1c(C(C)(C)C)cc(=NC(=O)c2cc(C(F)(F)F)ccc2N2CCOCC2)n1C[C@H]1CCCO1. The third-order valence-corrected chi connectivity index (χ3v) is 6.53. The quantitative estimate of drug-likeness (QED) is 0.647. The van der Waals surface area contributed by atoms with E-state index in [0.717, 1.165) is 30.7 Å². The summed E-state index contributed by atoms with van der Waals surface area (Å²) in [5.74, 6) is -0.704. The van der Waals surface area contributed by atoms with E-state index >= 15 is 0 Å². The monoisotopic (exact) mass is 494 g/mol. The second kappa shape index (κ2) is 9.81. The van der Waals surface area contributed by atoms with Crippen LogP contribution in [0.15, 0.2) is 29.3 Å². The highest BCUT2D eigenvalue weighted by molar-refractivity contribution is 6.00. The molecule has 0 N–H and O–H groups in total. The summed E-state index contributed by atoms with van der Waals surface area (Å²) in [5, 5.41) is 0. The first-order valence-electron chi connectivity index (χ1n) is 12.0. The Balaban J connectivity index is 1.81. The van der Waals surface area contributed by atoms with Gasteiger partial charge in [-0.1, -0.05) is 20.8 Å². The predicted octanol–water partition coefficient (Wildman–Crippen LogP) is 3.90. The van der Waals surface area contributed by atoms with E-state index in [-0.39, 0.29) is 17.1 Å². The van der Waals surface area contributed by atoms with Crippen molar-refractivity contribution in [1.82, 2.24) is 9.36 Å². The largest absolute Gasteiger partial charge is 0.416 e. The van der Waals surface area contributed by atoms with Crippen LogP contribution in [-0.4, -0.2) is 54.3 Å². The number of aromatic nitrogens is 2. The smallest absolute Gasteiger partial charge is 0.378 e. The third-order valence-electron chi connectivity index (χ3n) is 6.53. The van der Waals surface area contributed by atoms with Gasteiger partial charge >= 0.3 is 6.18 Å². The van der Waals surface area contributed by atoms with Gasteiger partial charge in [0.25, 0.3) is 5.91 Å². The molecule has 2 saturated heterocycles. The zero-order chi connectivity index (χ0) is 25.4. The Hall–Kier alpha value is -2.59. The molecule has 7 nitrogen and oxygen atoms in total. The average Bonchev–Trinajstić information content (AvgIpc) is 3.42. The lowest BCUT2D eigenvalue weighted by atomic mass is 9.92. The summed E-state index contributed by atoms with van der Waals surface area (Å²) < 4.78 is 55.6. The van der Waals surface area contributed by atoms with Crippen molar-refractivity contribution in [3.8, 4) is 0 Å². The number of halogens is 3. The maximum Gasteiger partial charge on any atom is 0.416 e. The van der Waals surface area contributed by atoms with Crippen LogP contribution in [0.4, 0.5) is 18.9 Å². The lowest BCUT2D eigenvalue weighted by Gasteiger charge is -2.30. The van der Waals surface area contributed by atoms with Crippen LogP contribution in [0, 0.1) is 0 Å². The summed E-state index contributed by atoms with van der Waals surface area (Å²) in [6.07, 6.45) is -2.68. The molecular formula is C25H33F3N4O3. The number of anilines is 1. The Bertz CT molecular complexity index is 1130. The summed E-state index contributed by atoms with van der Waals surface area (Å²) in [6.45, 7) is 9.27. The molecule has 2 fully saturated rings. The molecule has 35 heavy (non-hydrogen) atoms. The van der Waals surface area contributed by atoms with E-state index in [1.807, 2.05) is 27.4 Å². The predicted molar refractivity (Wildman–Crippen MR) is 125 cm³/mol. The van der Waals surface area contributed by atoms with Gasteiger partial charge in [0.15, 0.2) is 5.49 Å². The standard InChI is InChI=1S/C25H33F3N4O3/c1-24(2,3)21-15-22(32(30(21)4)16-18-6-5-11-35-18)29-23(33)19-14-17(25(26,27)28)7-8-20(19)31-9-12-34-13-10-31/h7-8,14-15,18H,5-6,9-13,16H2,1-4H3/t18-/m1/s1. The van der Waals surface area contributed by atoms with Crippen LogP contribution < -0.4 is 10.4 Å². The number of nitrogens with zero attached hydrogens (tertiary/aromatic N) is 4. The Labute approximate surface area is 203 Å². The Morgan fingerprint density at radius 3 is 2.43 bits per heavy atom. The van der Waals surface area contributed by atoms with Crippen molar-refractivity contribution in [3.63, 3.8) is 0 Å². The van der Waals surface area contributed by atoms with Crippen LogP contribution in [0.2, 0.25) is 0 Å². The fraction of sp³-hybridized carbons (Fsp3) is 0.600. The molecule has 0 radical (unpaired) electrons. The molecular weight excluding hydrogens is 461 g/mol. The fourth-order valence-electron chi connectivity index (χ4n) is 4.69. The Morgan fingerprint density at radius 1 is 1.11 bits per heavy atom. The van der Waals surface area contributed by atoms with Gasteiger partial charge in [-0.2, -0.15) is 18.2 Å². The molecule has 0 spiro atoms. The summed E-state index contributed by atoms with van der Waals surface area (Å²) in [7, 11) is 1.91. The van der Waals surface area contributed by atoms with E-state index in [2.05, 4.69) is 25.8 Å². The molecule has 10 heteroatoms. The summed E-state index contributed by atoms with van der Waals surface area (Å²) in [5.41, 5.74) is 0.643. The van der Waals surface area contributed by atoms with E-state index < -0.39 is 17.6 Å². The van der Waals surface area contributed by atoms with Crippen LogP contribution in [0.25, 0.3) is 0 Å². The number of hydrogen-bond donors (Lipinski definition) is 0. The van der Waals surface area contributed by atoms with E-state index in [1.165, 1.54) is 6.07 Å². The van der Waals surface area contributed by atoms with Crippen molar-refractivity contribution in [2.45, 2.75) is 57.9 Å². The van der Waals surface area contributed by atoms with Gasteiger partial charge in [-0.15, -0.1) is 0 Å². The summed E-state index contributed by atoms with van der Waals surface area (Å²) >= 11 is 0. The summed E-state index contributed by atoms with van der Waals surface area (Å²) in [4.78, 5) is 19.7. The van der Waals surface area contributed by atoms with E-state index in [9.17, 15) is 18.0 Å². The minimum atomic E-state index is -4.57. The third kappa shape index (κ3) is 5.64. The minimum Gasteiger partial charge on any atom is -0.378 e. The topological polar surface area (TPSA) is 61.0 Å². The second-order valence-corrected chi connectivity index (χ2v) is 10.1. The fourth-order valence-corrected chi connectivity index (χ4v) is 4.69. The zero-order valence-corrected chi connectivity index (χ0v) is 20.7. The van der Waals surface area contributed by atoms with Crippen molar-refractivity contribution < 1.29 is 27.4 Å². The molecule has 0 saturated carbocycles. The maximum absolute atomic E-state index is 13.5. The first-order chi connectivity index (χ1) is 16.4. The normalized spacial score (nSPS) is 20.0. The van der Waals surface area contributed by atoms with Crippen molar-refractivity contribution in [2.75, 3.05) is 37.8 Å². The molecule has 3 heterocycles. The van der Waals surface area contributed by atoms with Gasteiger partial charge in [0.05, 0.1) is 37.0 Å². The molecule has 1 aromatic heterocycles. The Morgan fingerprint density at radius 2 is 1.83 bits per heavy atom. The molecule has 1 amide bonds. The molecule has 0 unspecified atom stereocenters. The number of rotatable bonds is 4. The number of amides is 1. The van der Waals surface area contributed by atoms with E-state index in [0.29, 0.717) is 50.6 Å². The first kappa shape index (κ1) is 25.5. The second-order valence-electron chi connectivity index (χ2n) is 10.1. The molecule has 1 aromatic carbocycles. The molecule has 4 rings (SSSR count). The van der Waals surface area contributed by atoms with Gasteiger partial charge in [-0.3, -0.25) is 14.2 Å². The number of morpholine rings is 1. The number of carbonyl (C=O) groups excluding carboxylic acids is 1. The highest BCUT2D eigenvalue weighted by Crippen LogP contribution is 2.33. The van der Waals surface area contributed by atoms with Crippen LogP contribution >= 0.6 is 0 Å². The lowest BCUT2D eigenvalue weighted by molar-refractivity contribution is -0.137. The van der Waals surface area contributed by atoms with Crippen LogP contribution in [0.3, 0.4) is 0 Å². The molecule has 2 aliphatic rings. The van der Waals surface area contributed by atoms with Gasteiger partial charge in [-0.05, 0) is 31.0 Å². The van der Waals surface area contributed by atoms with E-state index in [4.69, 9.17) is 9.47 Å². The van der Waals surface area contributed by atoms with Gasteiger partial charge < -0.3 is 14.4 Å². The van der Waals surface area contributed by atoms with Crippen LogP contribution in [-0.2, 0) is 34.7 Å². The van der Waals surface area contributed by atoms with E-state index in [1.54, 1.807) is 0 Å². The van der Waals surface area contributed by atoms with Gasteiger partial charge in [0, 0.05) is 49.6 Å². The molecule has 0 bridgehead atoms. The van der Waals surface area contributed by atoms with Crippen LogP contribution in [0.1, 0.15) is 55.2 Å². The molecule has 2 aliphatic heterocycles. The van der Waals surface area contributed by atoms with Gasteiger partial charge in [-0.25, -0.2) is 0 Å². The average molecular weight is 495 g/mol. The van der Waals surface area contributed by atoms with Crippen molar-refractivity contribution in [1.29, 1.82) is 0 Å².